The third-order valence-corrected chi connectivity index (χ3v) is 5.76. The van der Waals surface area contributed by atoms with Crippen LogP contribution < -0.4 is 9.47 Å². The molecule has 25 heavy (non-hydrogen) atoms. The maximum atomic E-state index is 6.36. The molecule has 0 radical (unpaired) electrons. The van der Waals surface area contributed by atoms with E-state index in [9.17, 15) is 0 Å². The van der Waals surface area contributed by atoms with Gasteiger partial charge in [0, 0.05) is 12.6 Å². The zero-order chi connectivity index (χ0) is 17.6. The number of nitrogens with zero attached hydrogens (tertiary/aromatic N) is 1. The average molecular weight is 347 g/mol. The molecule has 1 aliphatic carbocycles. The smallest absolute Gasteiger partial charge is 0.160 e. The molecule has 3 atom stereocenters. The Balaban J connectivity index is 1.53. The monoisotopic (exact) mass is 347 g/mol. The van der Waals surface area contributed by atoms with Gasteiger partial charge >= 0.3 is 0 Å². The van der Waals surface area contributed by atoms with Gasteiger partial charge in [0.2, 0.25) is 0 Å². The van der Waals surface area contributed by atoms with Gasteiger partial charge in [-0.1, -0.05) is 25.8 Å². The molecular weight excluding hydrogens is 314 g/mol. The average Bonchev–Trinajstić information content (AvgIpc) is 3.08. The lowest BCUT2D eigenvalue weighted by Crippen LogP contribution is -2.45. The second-order valence-electron chi connectivity index (χ2n) is 7.59. The van der Waals surface area contributed by atoms with Crippen LogP contribution in [-0.4, -0.2) is 51.0 Å². The Hall–Kier alpha value is -1.26. The van der Waals surface area contributed by atoms with E-state index in [1.54, 1.807) is 14.2 Å². The molecule has 1 saturated carbocycles. The first-order chi connectivity index (χ1) is 12.2. The van der Waals surface area contributed by atoms with Gasteiger partial charge in [-0.05, 0) is 55.8 Å². The first kappa shape index (κ1) is 18.5. The molecule has 4 nitrogen and oxygen atoms in total. The summed E-state index contributed by atoms with van der Waals surface area (Å²) in [6.45, 7) is 5.65. The van der Waals surface area contributed by atoms with Gasteiger partial charge in [0.15, 0.2) is 11.5 Å². The molecule has 1 aromatic carbocycles. The van der Waals surface area contributed by atoms with Crippen molar-refractivity contribution in [3.05, 3.63) is 23.8 Å². The molecule has 2 fully saturated rings. The lowest BCUT2D eigenvalue weighted by atomic mass is 9.91. The minimum atomic E-state index is 0.402. The van der Waals surface area contributed by atoms with Crippen molar-refractivity contribution in [1.29, 1.82) is 0 Å². The van der Waals surface area contributed by atoms with Gasteiger partial charge in [-0.2, -0.15) is 0 Å². The van der Waals surface area contributed by atoms with Crippen LogP contribution in [0.25, 0.3) is 0 Å². The molecule has 1 aliphatic heterocycles. The van der Waals surface area contributed by atoms with Gasteiger partial charge in [0.25, 0.3) is 0 Å². The highest BCUT2D eigenvalue weighted by Gasteiger charge is 2.33. The molecule has 0 aromatic heterocycles. The molecule has 4 heteroatoms. The maximum Gasteiger partial charge on any atom is 0.160 e. The topological polar surface area (TPSA) is 30.9 Å². The van der Waals surface area contributed by atoms with Crippen molar-refractivity contribution in [3.63, 3.8) is 0 Å². The first-order valence-electron chi connectivity index (χ1n) is 9.78. The predicted molar refractivity (Wildman–Crippen MR) is 101 cm³/mol. The second-order valence-corrected chi connectivity index (χ2v) is 7.59. The third kappa shape index (κ3) is 4.68. The van der Waals surface area contributed by atoms with Crippen LogP contribution in [0.5, 0.6) is 11.5 Å². The molecule has 1 unspecified atom stereocenters. The highest BCUT2D eigenvalue weighted by molar-refractivity contribution is 5.42. The fraction of sp³-hybridized carbons (Fsp3) is 0.714. The van der Waals surface area contributed by atoms with Gasteiger partial charge in [-0.25, -0.2) is 0 Å². The van der Waals surface area contributed by atoms with Crippen LogP contribution in [0.2, 0.25) is 0 Å². The summed E-state index contributed by atoms with van der Waals surface area (Å²) >= 11 is 0. The van der Waals surface area contributed by atoms with Crippen molar-refractivity contribution in [3.8, 4) is 11.5 Å². The largest absolute Gasteiger partial charge is 0.493 e. The summed E-state index contributed by atoms with van der Waals surface area (Å²) < 4.78 is 17.1. The molecule has 3 rings (SSSR count). The van der Waals surface area contributed by atoms with E-state index in [1.807, 2.05) is 6.07 Å². The van der Waals surface area contributed by atoms with Crippen molar-refractivity contribution in [2.45, 2.75) is 57.6 Å². The van der Waals surface area contributed by atoms with Crippen LogP contribution in [0.4, 0.5) is 0 Å². The van der Waals surface area contributed by atoms with Gasteiger partial charge in [-0.15, -0.1) is 0 Å². The van der Waals surface area contributed by atoms with Crippen molar-refractivity contribution < 1.29 is 14.2 Å². The van der Waals surface area contributed by atoms with E-state index in [0.29, 0.717) is 12.1 Å². The lowest BCUT2D eigenvalue weighted by Gasteiger charge is -2.38. The highest BCUT2D eigenvalue weighted by Crippen LogP contribution is 2.30. The molecule has 0 N–H and O–H groups in total. The SMILES string of the molecule is COc1ccc(CCO[C@H]2CCCCC2N2CC[C@H](C)C2)cc1OC. The van der Waals surface area contributed by atoms with Crippen molar-refractivity contribution in [2.24, 2.45) is 5.92 Å². The summed E-state index contributed by atoms with van der Waals surface area (Å²) in [5.41, 5.74) is 1.24. The van der Waals surface area contributed by atoms with Crippen LogP contribution in [0, 0.1) is 5.92 Å². The number of hydrogen-bond donors (Lipinski definition) is 0. The molecule has 2 aliphatic rings. The second kappa shape index (κ2) is 8.91. The number of ether oxygens (including phenoxy) is 3. The minimum Gasteiger partial charge on any atom is -0.493 e. The molecule has 0 amide bonds. The van der Waals surface area contributed by atoms with E-state index in [-0.39, 0.29) is 0 Å². The Morgan fingerprint density at radius 3 is 2.56 bits per heavy atom. The van der Waals surface area contributed by atoms with E-state index >= 15 is 0 Å². The summed E-state index contributed by atoms with van der Waals surface area (Å²) in [4.78, 5) is 2.69. The summed E-state index contributed by atoms with van der Waals surface area (Å²) in [6, 6.07) is 6.76. The van der Waals surface area contributed by atoms with Crippen molar-refractivity contribution >= 4 is 0 Å². The number of hydrogen-bond acceptors (Lipinski definition) is 4. The first-order valence-corrected chi connectivity index (χ1v) is 9.78. The fourth-order valence-corrected chi connectivity index (χ4v) is 4.32. The van der Waals surface area contributed by atoms with Gasteiger partial charge in [0.05, 0.1) is 26.9 Å². The molecular formula is C21H33NO3. The minimum absolute atomic E-state index is 0.402. The quantitative estimate of drug-likeness (QED) is 0.748. The van der Waals surface area contributed by atoms with E-state index < -0.39 is 0 Å². The van der Waals surface area contributed by atoms with Gasteiger partial charge in [0.1, 0.15) is 0 Å². The Kier molecular flexibility index (Phi) is 6.60. The molecule has 1 heterocycles. The summed E-state index contributed by atoms with van der Waals surface area (Å²) in [5.74, 6) is 2.42. The molecule has 0 spiro atoms. The van der Waals surface area contributed by atoms with Crippen LogP contribution in [0.1, 0.15) is 44.6 Å². The van der Waals surface area contributed by atoms with Gasteiger partial charge < -0.3 is 14.2 Å². The lowest BCUT2D eigenvalue weighted by molar-refractivity contribution is -0.0298. The molecule has 140 valence electrons. The Morgan fingerprint density at radius 2 is 1.84 bits per heavy atom. The number of likely N-dealkylation sites (tertiary alicyclic amines) is 1. The fourth-order valence-electron chi connectivity index (χ4n) is 4.32. The normalized spacial score (nSPS) is 27.4. The standard InChI is InChI=1S/C21H33NO3/c1-16-10-12-22(15-16)18-6-4-5-7-19(18)25-13-11-17-8-9-20(23-2)21(14-17)24-3/h8-9,14,16,18-19H,4-7,10-13,15H2,1-3H3/t16-,18?,19-/m0/s1. The third-order valence-electron chi connectivity index (χ3n) is 5.76. The zero-order valence-corrected chi connectivity index (χ0v) is 16.0. The predicted octanol–water partition coefficient (Wildman–Crippen LogP) is 3.92. The summed E-state index contributed by atoms with van der Waals surface area (Å²) in [6.07, 6.45) is 7.83. The number of rotatable bonds is 7. The maximum absolute atomic E-state index is 6.36. The van der Waals surface area contributed by atoms with Crippen LogP contribution >= 0.6 is 0 Å². The Bertz CT molecular complexity index is 548. The summed E-state index contributed by atoms with van der Waals surface area (Å²) in [7, 11) is 3.35. The number of methoxy groups -OCH3 is 2. The van der Waals surface area contributed by atoms with Crippen LogP contribution in [0.15, 0.2) is 18.2 Å². The number of benzene rings is 1. The highest BCUT2D eigenvalue weighted by atomic mass is 16.5. The Labute approximate surface area is 152 Å². The van der Waals surface area contributed by atoms with E-state index in [4.69, 9.17) is 14.2 Å². The van der Waals surface area contributed by atoms with Crippen LogP contribution in [0.3, 0.4) is 0 Å². The van der Waals surface area contributed by atoms with E-state index in [0.717, 1.165) is 30.4 Å². The zero-order valence-electron chi connectivity index (χ0n) is 16.0. The summed E-state index contributed by atoms with van der Waals surface area (Å²) in [5, 5.41) is 0. The van der Waals surface area contributed by atoms with Crippen LogP contribution in [-0.2, 0) is 11.2 Å². The van der Waals surface area contributed by atoms with E-state index in [1.165, 1.54) is 50.8 Å². The Morgan fingerprint density at radius 1 is 1.04 bits per heavy atom. The van der Waals surface area contributed by atoms with Gasteiger partial charge in [-0.3, -0.25) is 4.90 Å². The molecule has 1 saturated heterocycles. The van der Waals surface area contributed by atoms with Crippen molar-refractivity contribution in [2.75, 3.05) is 33.9 Å². The molecule has 0 bridgehead atoms. The molecule has 1 aromatic rings. The van der Waals surface area contributed by atoms with Crippen molar-refractivity contribution in [1.82, 2.24) is 4.90 Å². The van der Waals surface area contributed by atoms with E-state index in [2.05, 4.69) is 24.0 Å².